The lowest BCUT2D eigenvalue weighted by Crippen LogP contribution is -2.53. The van der Waals surface area contributed by atoms with Gasteiger partial charge in [-0.3, -0.25) is 9.69 Å². The SMILES string of the molecule is CC1(C)CSCC(N2CCCCC2C(=O)O)C1. The van der Waals surface area contributed by atoms with Crippen LogP contribution in [-0.2, 0) is 4.79 Å². The molecule has 0 aliphatic carbocycles. The van der Waals surface area contributed by atoms with Crippen LogP contribution in [0.5, 0.6) is 0 Å². The first-order valence-corrected chi connectivity index (χ1v) is 7.71. The Bertz CT molecular complexity index is 293. The summed E-state index contributed by atoms with van der Waals surface area (Å²) in [6.07, 6.45) is 4.20. The molecule has 4 heteroatoms. The van der Waals surface area contributed by atoms with Gasteiger partial charge in [0, 0.05) is 11.8 Å². The molecule has 0 spiro atoms. The van der Waals surface area contributed by atoms with Crippen molar-refractivity contribution in [1.82, 2.24) is 4.90 Å². The number of carboxylic acid groups (broad SMARTS) is 1. The van der Waals surface area contributed by atoms with Crippen LogP contribution in [0.3, 0.4) is 0 Å². The van der Waals surface area contributed by atoms with Gasteiger partial charge in [0.05, 0.1) is 0 Å². The highest BCUT2D eigenvalue weighted by atomic mass is 32.2. The highest BCUT2D eigenvalue weighted by Crippen LogP contribution is 2.37. The summed E-state index contributed by atoms with van der Waals surface area (Å²) in [6.45, 7) is 5.57. The molecule has 2 unspecified atom stereocenters. The van der Waals surface area contributed by atoms with E-state index in [4.69, 9.17) is 0 Å². The van der Waals surface area contributed by atoms with Gasteiger partial charge in [-0.1, -0.05) is 20.3 Å². The number of hydrogen-bond donors (Lipinski definition) is 1. The van der Waals surface area contributed by atoms with Crippen molar-refractivity contribution in [3.05, 3.63) is 0 Å². The van der Waals surface area contributed by atoms with E-state index in [-0.39, 0.29) is 6.04 Å². The normalized spacial score (nSPS) is 34.5. The van der Waals surface area contributed by atoms with E-state index in [0.29, 0.717) is 11.5 Å². The van der Waals surface area contributed by atoms with Gasteiger partial charge in [0.25, 0.3) is 0 Å². The first-order chi connectivity index (χ1) is 7.99. The number of likely N-dealkylation sites (tertiary alicyclic amines) is 1. The zero-order valence-electron chi connectivity index (χ0n) is 10.8. The van der Waals surface area contributed by atoms with Crippen molar-refractivity contribution in [2.24, 2.45) is 5.41 Å². The van der Waals surface area contributed by atoms with Gasteiger partial charge in [0.1, 0.15) is 6.04 Å². The molecule has 2 atom stereocenters. The van der Waals surface area contributed by atoms with Crippen LogP contribution in [0.15, 0.2) is 0 Å². The average Bonchev–Trinajstić information content (AvgIpc) is 2.27. The van der Waals surface area contributed by atoms with E-state index < -0.39 is 5.97 Å². The largest absolute Gasteiger partial charge is 0.480 e. The lowest BCUT2D eigenvalue weighted by atomic mass is 9.86. The molecule has 2 aliphatic heterocycles. The molecule has 98 valence electrons. The van der Waals surface area contributed by atoms with Gasteiger partial charge in [-0.15, -0.1) is 0 Å². The number of hydrogen-bond acceptors (Lipinski definition) is 3. The number of carboxylic acids is 1. The van der Waals surface area contributed by atoms with E-state index in [1.54, 1.807) is 0 Å². The first kappa shape index (κ1) is 13.2. The minimum atomic E-state index is -0.627. The minimum Gasteiger partial charge on any atom is -0.480 e. The molecule has 3 nitrogen and oxygen atoms in total. The number of aliphatic carboxylic acids is 1. The second kappa shape index (κ2) is 5.19. The van der Waals surface area contributed by atoms with E-state index in [1.807, 2.05) is 11.8 Å². The number of rotatable bonds is 2. The van der Waals surface area contributed by atoms with Crippen LogP contribution < -0.4 is 0 Å². The Kier molecular flexibility index (Phi) is 4.03. The second-order valence-electron chi connectivity index (χ2n) is 6.12. The molecule has 0 amide bonds. The molecule has 17 heavy (non-hydrogen) atoms. The molecule has 0 radical (unpaired) electrons. The second-order valence-corrected chi connectivity index (χ2v) is 7.16. The maximum atomic E-state index is 11.3. The lowest BCUT2D eigenvalue weighted by Gasteiger charge is -2.44. The summed E-state index contributed by atoms with van der Waals surface area (Å²) in [5, 5.41) is 9.32. The fourth-order valence-electron chi connectivity index (χ4n) is 3.10. The lowest BCUT2D eigenvalue weighted by molar-refractivity contribution is -0.146. The highest BCUT2D eigenvalue weighted by molar-refractivity contribution is 7.99. The van der Waals surface area contributed by atoms with Gasteiger partial charge in [-0.25, -0.2) is 0 Å². The Morgan fingerprint density at radius 3 is 2.82 bits per heavy atom. The topological polar surface area (TPSA) is 40.5 Å². The fourth-order valence-corrected chi connectivity index (χ4v) is 4.47. The first-order valence-electron chi connectivity index (χ1n) is 6.56. The Morgan fingerprint density at radius 1 is 1.41 bits per heavy atom. The van der Waals surface area contributed by atoms with Gasteiger partial charge in [-0.05, 0) is 37.0 Å². The van der Waals surface area contributed by atoms with Gasteiger partial charge in [0.2, 0.25) is 0 Å². The van der Waals surface area contributed by atoms with Gasteiger partial charge in [-0.2, -0.15) is 11.8 Å². The third-order valence-corrected chi connectivity index (χ3v) is 5.50. The van der Waals surface area contributed by atoms with Gasteiger partial charge in [0.15, 0.2) is 0 Å². The number of carbonyl (C=O) groups is 1. The summed E-state index contributed by atoms with van der Waals surface area (Å²) >= 11 is 1.98. The van der Waals surface area contributed by atoms with Crippen molar-refractivity contribution in [2.75, 3.05) is 18.1 Å². The quantitative estimate of drug-likeness (QED) is 0.825. The number of nitrogens with zero attached hydrogens (tertiary/aromatic N) is 1. The maximum Gasteiger partial charge on any atom is 0.320 e. The Hall–Kier alpha value is -0.220. The van der Waals surface area contributed by atoms with E-state index in [2.05, 4.69) is 18.7 Å². The molecule has 2 heterocycles. The molecule has 0 aromatic carbocycles. The Labute approximate surface area is 108 Å². The van der Waals surface area contributed by atoms with Crippen LogP contribution in [0.1, 0.15) is 39.5 Å². The molecule has 2 aliphatic rings. The zero-order chi connectivity index (χ0) is 12.5. The van der Waals surface area contributed by atoms with Crippen LogP contribution >= 0.6 is 11.8 Å². The zero-order valence-corrected chi connectivity index (χ0v) is 11.6. The third-order valence-electron chi connectivity index (χ3n) is 3.89. The van der Waals surface area contributed by atoms with Crippen molar-refractivity contribution >= 4 is 17.7 Å². The molecule has 0 bridgehead atoms. The van der Waals surface area contributed by atoms with E-state index in [9.17, 15) is 9.90 Å². The molecule has 0 aromatic heterocycles. The molecule has 0 aromatic rings. The molecule has 2 fully saturated rings. The Balaban J connectivity index is 2.05. The average molecular weight is 257 g/mol. The predicted molar refractivity (Wildman–Crippen MR) is 71.5 cm³/mol. The smallest absolute Gasteiger partial charge is 0.320 e. The molecule has 2 saturated heterocycles. The van der Waals surface area contributed by atoms with Crippen molar-refractivity contribution in [3.63, 3.8) is 0 Å². The van der Waals surface area contributed by atoms with Crippen molar-refractivity contribution in [1.29, 1.82) is 0 Å². The third kappa shape index (κ3) is 3.16. The van der Waals surface area contributed by atoms with E-state index >= 15 is 0 Å². The standard InChI is InChI=1S/C13H23NO2S/c1-13(2)7-10(8-17-9-13)14-6-4-3-5-11(14)12(15)16/h10-11H,3-9H2,1-2H3,(H,15,16). The van der Waals surface area contributed by atoms with Crippen LogP contribution in [0.4, 0.5) is 0 Å². The molecular formula is C13H23NO2S. The highest BCUT2D eigenvalue weighted by Gasteiger charge is 2.38. The van der Waals surface area contributed by atoms with Crippen LogP contribution in [0, 0.1) is 5.41 Å². The molecule has 0 saturated carbocycles. The van der Waals surface area contributed by atoms with Crippen molar-refractivity contribution < 1.29 is 9.90 Å². The summed E-state index contributed by atoms with van der Waals surface area (Å²) in [5.41, 5.74) is 0.355. The monoisotopic (exact) mass is 257 g/mol. The summed E-state index contributed by atoms with van der Waals surface area (Å²) in [5.74, 6) is 1.68. The summed E-state index contributed by atoms with van der Waals surface area (Å²) in [6, 6.07) is 0.230. The number of thioether (sulfide) groups is 1. The fraction of sp³-hybridized carbons (Fsp3) is 0.923. The maximum absolute atomic E-state index is 11.3. The van der Waals surface area contributed by atoms with E-state index in [1.165, 1.54) is 5.75 Å². The summed E-state index contributed by atoms with van der Waals surface area (Å²) in [7, 11) is 0. The van der Waals surface area contributed by atoms with Crippen LogP contribution in [0.2, 0.25) is 0 Å². The van der Waals surface area contributed by atoms with Gasteiger partial charge >= 0.3 is 5.97 Å². The number of piperidine rings is 1. The predicted octanol–water partition coefficient (Wildman–Crippen LogP) is 2.46. The molecule has 2 rings (SSSR count). The van der Waals surface area contributed by atoms with E-state index in [0.717, 1.165) is 38.0 Å². The molecule has 1 N–H and O–H groups in total. The Morgan fingerprint density at radius 2 is 2.18 bits per heavy atom. The van der Waals surface area contributed by atoms with Crippen molar-refractivity contribution in [3.8, 4) is 0 Å². The van der Waals surface area contributed by atoms with Gasteiger partial charge < -0.3 is 5.11 Å². The van der Waals surface area contributed by atoms with Crippen molar-refractivity contribution in [2.45, 2.75) is 51.6 Å². The van der Waals surface area contributed by atoms with Crippen LogP contribution in [0.25, 0.3) is 0 Å². The summed E-state index contributed by atoms with van der Waals surface area (Å²) in [4.78, 5) is 13.6. The minimum absolute atomic E-state index is 0.233. The molecular weight excluding hydrogens is 234 g/mol. The van der Waals surface area contributed by atoms with Crippen LogP contribution in [-0.4, -0.2) is 46.1 Å². The summed E-state index contributed by atoms with van der Waals surface area (Å²) < 4.78 is 0.